The number of rotatable bonds is 4. The van der Waals surface area contributed by atoms with E-state index < -0.39 is 0 Å². The van der Waals surface area contributed by atoms with E-state index in [1.54, 1.807) is 7.11 Å². The summed E-state index contributed by atoms with van der Waals surface area (Å²) in [5.74, 6) is 0.853. The largest absolute Gasteiger partial charge is 0.497 e. The summed E-state index contributed by atoms with van der Waals surface area (Å²) in [7, 11) is 1.66. The molecule has 104 valence electrons. The Morgan fingerprint density at radius 2 is 1.70 bits per heavy atom. The summed E-state index contributed by atoms with van der Waals surface area (Å²) >= 11 is 5.31. The number of para-hydroxylation sites is 1. The zero-order valence-corrected chi connectivity index (χ0v) is 12.4. The SMILES string of the molecule is COc1ccc([C@@H](C)NC(=S)Nc2ccccc2)cc1. The molecular formula is C16H18N2OS. The molecule has 0 bridgehead atoms. The van der Waals surface area contributed by atoms with Crippen LogP contribution in [-0.4, -0.2) is 12.2 Å². The van der Waals surface area contributed by atoms with Gasteiger partial charge in [-0.15, -0.1) is 0 Å². The molecule has 2 aromatic rings. The van der Waals surface area contributed by atoms with Crippen molar-refractivity contribution >= 4 is 23.0 Å². The monoisotopic (exact) mass is 286 g/mol. The topological polar surface area (TPSA) is 33.3 Å². The van der Waals surface area contributed by atoms with Gasteiger partial charge in [0.25, 0.3) is 0 Å². The molecule has 0 radical (unpaired) electrons. The number of nitrogens with one attached hydrogen (secondary N) is 2. The van der Waals surface area contributed by atoms with Gasteiger partial charge in [0.05, 0.1) is 13.2 Å². The van der Waals surface area contributed by atoms with E-state index >= 15 is 0 Å². The second-order valence-electron chi connectivity index (χ2n) is 4.46. The minimum Gasteiger partial charge on any atom is -0.497 e. The van der Waals surface area contributed by atoms with Crippen LogP contribution < -0.4 is 15.4 Å². The number of anilines is 1. The highest BCUT2D eigenvalue weighted by molar-refractivity contribution is 7.80. The second kappa shape index (κ2) is 6.91. The predicted octanol–water partition coefficient (Wildman–Crippen LogP) is 3.74. The number of ether oxygens (including phenoxy) is 1. The molecule has 0 aromatic heterocycles. The first-order valence-electron chi connectivity index (χ1n) is 6.45. The van der Waals surface area contributed by atoms with E-state index in [2.05, 4.69) is 17.6 Å². The predicted molar refractivity (Wildman–Crippen MR) is 87.2 cm³/mol. The van der Waals surface area contributed by atoms with Crippen LogP contribution in [0.1, 0.15) is 18.5 Å². The highest BCUT2D eigenvalue weighted by Crippen LogP contribution is 2.17. The third kappa shape index (κ3) is 3.96. The number of thiocarbonyl (C=S) groups is 1. The van der Waals surface area contributed by atoms with Crippen molar-refractivity contribution in [3.8, 4) is 5.75 Å². The molecule has 3 nitrogen and oxygen atoms in total. The minimum absolute atomic E-state index is 0.129. The van der Waals surface area contributed by atoms with Gasteiger partial charge in [-0.3, -0.25) is 0 Å². The van der Waals surface area contributed by atoms with Crippen LogP contribution >= 0.6 is 12.2 Å². The maximum absolute atomic E-state index is 5.31. The van der Waals surface area contributed by atoms with Gasteiger partial charge in [0.2, 0.25) is 0 Å². The Balaban J connectivity index is 1.93. The first-order valence-corrected chi connectivity index (χ1v) is 6.86. The van der Waals surface area contributed by atoms with Gasteiger partial charge in [0.1, 0.15) is 5.75 Å². The van der Waals surface area contributed by atoms with Gasteiger partial charge in [-0.1, -0.05) is 30.3 Å². The van der Waals surface area contributed by atoms with E-state index in [0.29, 0.717) is 5.11 Å². The number of benzene rings is 2. The molecule has 0 unspecified atom stereocenters. The molecule has 0 spiro atoms. The Morgan fingerprint density at radius 1 is 1.05 bits per heavy atom. The van der Waals surface area contributed by atoms with E-state index in [0.717, 1.165) is 17.0 Å². The zero-order chi connectivity index (χ0) is 14.4. The molecule has 0 aliphatic heterocycles. The van der Waals surface area contributed by atoms with Crippen molar-refractivity contribution in [3.05, 3.63) is 60.2 Å². The van der Waals surface area contributed by atoms with Gasteiger partial charge in [0.15, 0.2) is 5.11 Å². The van der Waals surface area contributed by atoms with E-state index in [1.165, 1.54) is 0 Å². The Morgan fingerprint density at radius 3 is 2.30 bits per heavy atom. The van der Waals surface area contributed by atoms with Gasteiger partial charge in [0, 0.05) is 5.69 Å². The number of methoxy groups -OCH3 is 1. The Labute approximate surface area is 125 Å². The van der Waals surface area contributed by atoms with Crippen molar-refractivity contribution in [1.82, 2.24) is 5.32 Å². The van der Waals surface area contributed by atoms with Gasteiger partial charge >= 0.3 is 0 Å². The number of hydrogen-bond donors (Lipinski definition) is 2. The zero-order valence-electron chi connectivity index (χ0n) is 11.6. The quantitative estimate of drug-likeness (QED) is 0.839. The third-order valence-corrected chi connectivity index (χ3v) is 3.21. The lowest BCUT2D eigenvalue weighted by Gasteiger charge is -2.17. The fraction of sp³-hybridized carbons (Fsp3) is 0.188. The smallest absolute Gasteiger partial charge is 0.171 e. The summed E-state index contributed by atoms with van der Waals surface area (Å²) in [6.45, 7) is 2.07. The molecule has 0 heterocycles. The van der Waals surface area contributed by atoms with Crippen LogP contribution in [0.15, 0.2) is 54.6 Å². The first-order chi connectivity index (χ1) is 9.69. The lowest BCUT2D eigenvalue weighted by Crippen LogP contribution is -2.30. The molecule has 2 N–H and O–H groups in total. The van der Waals surface area contributed by atoms with Crippen LogP contribution in [0.4, 0.5) is 5.69 Å². The molecule has 0 amide bonds. The van der Waals surface area contributed by atoms with Crippen LogP contribution in [0.2, 0.25) is 0 Å². The lowest BCUT2D eigenvalue weighted by atomic mass is 10.1. The van der Waals surface area contributed by atoms with Gasteiger partial charge in [-0.25, -0.2) is 0 Å². The standard InChI is InChI=1S/C16H18N2OS/c1-12(13-8-10-15(19-2)11-9-13)17-16(20)18-14-6-4-3-5-7-14/h3-12H,1-2H3,(H2,17,18,20)/t12-/m1/s1. The van der Waals surface area contributed by atoms with Gasteiger partial charge < -0.3 is 15.4 Å². The van der Waals surface area contributed by atoms with Crippen LogP contribution in [0, 0.1) is 0 Å². The van der Waals surface area contributed by atoms with Crippen molar-refractivity contribution in [2.45, 2.75) is 13.0 Å². The van der Waals surface area contributed by atoms with Crippen molar-refractivity contribution in [1.29, 1.82) is 0 Å². The molecule has 2 aromatic carbocycles. The molecular weight excluding hydrogens is 268 g/mol. The summed E-state index contributed by atoms with van der Waals surface area (Å²) in [6, 6.07) is 17.9. The molecule has 0 aliphatic carbocycles. The summed E-state index contributed by atoms with van der Waals surface area (Å²) < 4.78 is 5.15. The fourth-order valence-electron chi connectivity index (χ4n) is 1.86. The summed E-state index contributed by atoms with van der Waals surface area (Å²) in [6.07, 6.45) is 0. The van der Waals surface area contributed by atoms with E-state index in [4.69, 9.17) is 17.0 Å². The van der Waals surface area contributed by atoms with Crippen LogP contribution in [0.3, 0.4) is 0 Å². The van der Waals surface area contributed by atoms with E-state index in [1.807, 2.05) is 54.6 Å². The molecule has 1 atom stereocenters. The van der Waals surface area contributed by atoms with Crippen LogP contribution in [0.5, 0.6) is 5.75 Å². The highest BCUT2D eigenvalue weighted by atomic mass is 32.1. The molecule has 0 saturated carbocycles. The fourth-order valence-corrected chi connectivity index (χ4v) is 2.16. The maximum Gasteiger partial charge on any atom is 0.171 e. The Bertz CT molecular complexity index is 554. The molecule has 0 saturated heterocycles. The molecule has 2 rings (SSSR count). The Hall–Kier alpha value is -2.07. The lowest BCUT2D eigenvalue weighted by molar-refractivity contribution is 0.414. The number of hydrogen-bond acceptors (Lipinski definition) is 2. The minimum atomic E-state index is 0.129. The second-order valence-corrected chi connectivity index (χ2v) is 4.87. The Kier molecular flexibility index (Phi) is 4.96. The highest BCUT2D eigenvalue weighted by Gasteiger charge is 2.07. The molecule has 20 heavy (non-hydrogen) atoms. The summed E-state index contributed by atoms with van der Waals surface area (Å²) in [5.41, 5.74) is 2.13. The summed E-state index contributed by atoms with van der Waals surface area (Å²) in [5, 5.41) is 7.03. The van der Waals surface area contributed by atoms with Crippen molar-refractivity contribution in [3.63, 3.8) is 0 Å². The van der Waals surface area contributed by atoms with Crippen LogP contribution in [0.25, 0.3) is 0 Å². The van der Waals surface area contributed by atoms with Gasteiger partial charge in [-0.05, 0) is 49.0 Å². The van der Waals surface area contributed by atoms with Gasteiger partial charge in [-0.2, -0.15) is 0 Å². The van der Waals surface area contributed by atoms with Crippen LogP contribution in [-0.2, 0) is 0 Å². The molecule has 4 heteroatoms. The normalized spacial score (nSPS) is 11.5. The average molecular weight is 286 g/mol. The molecule has 0 fully saturated rings. The maximum atomic E-state index is 5.31. The van der Waals surface area contributed by atoms with Crippen molar-refractivity contribution in [2.75, 3.05) is 12.4 Å². The average Bonchev–Trinajstić information content (AvgIpc) is 2.48. The van der Waals surface area contributed by atoms with Crippen molar-refractivity contribution < 1.29 is 4.74 Å². The third-order valence-electron chi connectivity index (χ3n) is 3.00. The summed E-state index contributed by atoms with van der Waals surface area (Å²) in [4.78, 5) is 0. The molecule has 0 aliphatic rings. The first kappa shape index (κ1) is 14.3. The van der Waals surface area contributed by atoms with E-state index in [9.17, 15) is 0 Å². The van der Waals surface area contributed by atoms with Crippen molar-refractivity contribution in [2.24, 2.45) is 0 Å². The van der Waals surface area contributed by atoms with E-state index in [-0.39, 0.29) is 6.04 Å².